The molecule has 11 fully saturated rings. The van der Waals surface area contributed by atoms with Crippen LogP contribution >= 0.6 is 0 Å². The lowest BCUT2D eigenvalue weighted by Crippen LogP contribution is -2.71. The van der Waals surface area contributed by atoms with Gasteiger partial charge in [-0.25, -0.2) is 4.79 Å². The molecule has 0 saturated carbocycles. The topological polar surface area (TPSA) is 1010 Å². The molecule has 56 atom stereocenters. The molecule has 0 aromatic heterocycles. The van der Waals surface area contributed by atoms with E-state index in [0.717, 1.165) is 41.5 Å². The third kappa shape index (κ3) is 26.9. The molecule has 11 saturated heterocycles. The molecule has 0 bridgehead atoms. The Morgan fingerprint density at radius 1 is 0.281 bits per heavy atom. The van der Waals surface area contributed by atoms with Gasteiger partial charge in [0.25, 0.3) is 5.79 Å². The quantitative estimate of drug-likeness (QED) is 0.0271. The van der Waals surface area contributed by atoms with Gasteiger partial charge in [-0.15, -0.1) is 0 Å². The van der Waals surface area contributed by atoms with Crippen molar-refractivity contribution in [3.8, 4) is 0 Å². The smallest absolute Gasteiger partial charge is 0.364 e. The molecule has 11 heterocycles. The molecule has 11 aliphatic rings. The fourth-order valence-corrected chi connectivity index (χ4v) is 18.8. The highest BCUT2D eigenvalue weighted by Gasteiger charge is 2.65. The molecule has 0 aromatic carbocycles. The number of hydrogen-bond acceptors (Lipinski definition) is 58. The largest absolute Gasteiger partial charge is 0.477 e. The summed E-state index contributed by atoms with van der Waals surface area (Å²) >= 11 is 0. The van der Waals surface area contributed by atoms with E-state index < -0.39 is 464 Å². The number of amides is 6. The Labute approximate surface area is 825 Å². The van der Waals surface area contributed by atoms with E-state index in [-0.39, 0.29) is 0 Å². The number of aliphatic hydroxyl groups is 30. The zero-order chi connectivity index (χ0) is 108. The van der Waals surface area contributed by atoms with Gasteiger partial charge in [-0.05, 0) is 0 Å². The number of carbonyl (C=O) groups is 7. The summed E-state index contributed by atoms with van der Waals surface area (Å²) in [6.45, 7) is -8.12. The fraction of sp³-hybridized carbons (Fsp3) is 0.914. The number of aliphatic carboxylic acids is 1. The molecule has 6 amide bonds. The molecular formula is C81H134N6O59. The Balaban J connectivity index is 0.981. The van der Waals surface area contributed by atoms with Gasteiger partial charge in [-0.1, -0.05) is 0 Å². The van der Waals surface area contributed by atoms with Crippen LogP contribution in [0, 0.1) is 0 Å². The molecule has 842 valence electrons. The van der Waals surface area contributed by atoms with E-state index in [2.05, 4.69) is 31.9 Å². The minimum atomic E-state index is -3.17. The summed E-state index contributed by atoms with van der Waals surface area (Å²) in [6.07, 6.45) is -111. The normalized spacial score (nSPS) is 47.0. The zero-order valence-electron chi connectivity index (χ0n) is 78.5. The van der Waals surface area contributed by atoms with Crippen LogP contribution in [0.1, 0.15) is 48.0 Å². The second kappa shape index (κ2) is 52.5. The maximum absolute atomic E-state index is 13.7. The maximum Gasteiger partial charge on any atom is 0.364 e. The molecular weight excluding hydrogens is 2000 g/mol. The van der Waals surface area contributed by atoms with Gasteiger partial charge in [0, 0.05) is 48.0 Å². The van der Waals surface area contributed by atoms with Crippen LogP contribution in [-0.2, 0) is 133 Å². The third-order valence-corrected chi connectivity index (χ3v) is 26.4. The third-order valence-electron chi connectivity index (χ3n) is 26.4. The molecule has 0 aliphatic carbocycles. The van der Waals surface area contributed by atoms with Crippen molar-refractivity contribution in [1.29, 1.82) is 0 Å². The monoisotopic (exact) mass is 2130 g/mol. The van der Waals surface area contributed by atoms with Crippen molar-refractivity contribution in [2.75, 3.05) is 72.7 Å². The first kappa shape index (κ1) is 120. The van der Waals surface area contributed by atoms with Crippen molar-refractivity contribution in [3.63, 3.8) is 0 Å². The summed E-state index contributed by atoms with van der Waals surface area (Å²) in [6, 6.07) is -11.7. The summed E-state index contributed by atoms with van der Waals surface area (Å²) in [5.74, 6) is -11.1. The van der Waals surface area contributed by atoms with Crippen LogP contribution in [0.4, 0.5) is 0 Å². The minimum Gasteiger partial charge on any atom is -0.477 e. The van der Waals surface area contributed by atoms with Gasteiger partial charge in [0.2, 0.25) is 35.4 Å². The van der Waals surface area contributed by atoms with Gasteiger partial charge in [0.1, 0.15) is 262 Å². The molecule has 37 N–H and O–H groups in total. The first-order valence-electron chi connectivity index (χ1n) is 46.3. The van der Waals surface area contributed by atoms with Gasteiger partial charge < -0.3 is 290 Å². The maximum atomic E-state index is 13.7. The summed E-state index contributed by atoms with van der Waals surface area (Å²) in [4.78, 5) is 90.6. The van der Waals surface area contributed by atoms with Crippen LogP contribution in [-0.4, -0.2) is 615 Å². The van der Waals surface area contributed by atoms with Crippen molar-refractivity contribution in [2.24, 2.45) is 0 Å². The summed E-state index contributed by atoms with van der Waals surface area (Å²) < 4.78 is 126. The average molecular weight is 2140 g/mol. The van der Waals surface area contributed by atoms with Crippen molar-refractivity contribution in [2.45, 2.75) is 391 Å². The van der Waals surface area contributed by atoms with E-state index in [1.807, 2.05) is 0 Å². The van der Waals surface area contributed by atoms with E-state index in [9.17, 15) is 192 Å². The van der Waals surface area contributed by atoms with Crippen molar-refractivity contribution < 1.29 is 291 Å². The molecule has 0 radical (unpaired) electrons. The van der Waals surface area contributed by atoms with Gasteiger partial charge in [-0.3, -0.25) is 28.8 Å². The van der Waals surface area contributed by atoms with Crippen LogP contribution in [0.5, 0.6) is 0 Å². The Morgan fingerprint density at radius 2 is 0.568 bits per heavy atom. The SMILES string of the molecule is CC(=O)N[C@@H]1[C@@H](O)[C@H](O[C@@H]2O[C@H](CO)[C@@H](O[C@@H]3O[C@H](CO[C@H]4O[C@H](CO)[C@@H](O)[C@H](O)[C@@H]4O[C@@H]4O[C@H](CO)[C@@H](O)[C@H](O)[C@H]4NC(C)=O)[C@@H](O)[C@H](O[C@H]4O[C@H](CO)[C@@H](O[C@@H]5O[C@H](CO)[C@@H](O[C@@H]6O[C@H](CO)[C@H](O)[C@H](O)[C@H]6O)[C@H](O)[C@H]5NC(C)=O)[C@H](O)[C@@H]4O[C@@H]4O[C@H](CO)[C@@H](O[C@@H]5O[C@H](CO[C@]6(C(=O)O)C[C@H](O)[C@@H](NC(C)=O)[C@H]([C@H](O)[C@H](O)CO)O6)[C@H](O)[C@H](O)[C@H]5O)[C@H](O)[C@H]4NC(C)=O)[C@@H]3O)[C@H](O)[C@H]2NC(C)=O)[C@@H](CO)O[C@H]1O. The van der Waals surface area contributed by atoms with E-state index in [4.69, 9.17) is 99.5 Å². The first-order chi connectivity index (χ1) is 68.9. The lowest BCUT2D eigenvalue weighted by Gasteiger charge is -2.52. The van der Waals surface area contributed by atoms with Gasteiger partial charge in [0.15, 0.2) is 62.9 Å². The number of rotatable bonds is 40. The number of carbonyl (C=O) groups excluding carboxylic acids is 6. The molecule has 11 aliphatic heterocycles. The van der Waals surface area contributed by atoms with Crippen LogP contribution < -0.4 is 31.9 Å². The number of nitrogens with one attached hydrogen (secondary N) is 6. The van der Waals surface area contributed by atoms with Crippen LogP contribution in [0.15, 0.2) is 0 Å². The van der Waals surface area contributed by atoms with E-state index in [1.54, 1.807) is 0 Å². The van der Waals surface area contributed by atoms with Gasteiger partial charge in [-0.2, -0.15) is 0 Å². The van der Waals surface area contributed by atoms with E-state index in [1.165, 1.54) is 0 Å². The lowest BCUT2D eigenvalue weighted by molar-refractivity contribution is -0.407. The Bertz CT molecular complexity index is 4160. The number of carboxylic acid groups (broad SMARTS) is 1. The van der Waals surface area contributed by atoms with Crippen LogP contribution in [0.25, 0.3) is 0 Å². The van der Waals surface area contributed by atoms with Gasteiger partial charge >= 0.3 is 5.97 Å². The molecule has 0 unspecified atom stereocenters. The Hall–Kier alpha value is -5.75. The molecule has 11 rings (SSSR count). The highest BCUT2D eigenvalue weighted by molar-refractivity contribution is 5.77. The fourth-order valence-electron chi connectivity index (χ4n) is 18.8. The zero-order valence-corrected chi connectivity index (χ0v) is 78.5. The Morgan fingerprint density at radius 3 is 0.966 bits per heavy atom. The molecule has 0 spiro atoms. The van der Waals surface area contributed by atoms with Crippen molar-refractivity contribution >= 4 is 41.4 Å². The van der Waals surface area contributed by atoms with Gasteiger partial charge in [0.05, 0.1) is 84.8 Å². The van der Waals surface area contributed by atoms with Crippen LogP contribution in [0.3, 0.4) is 0 Å². The second-order valence-electron chi connectivity index (χ2n) is 36.7. The van der Waals surface area contributed by atoms with E-state index >= 15 is 0 Å². The number of hydrogen-bond donors (Lipinski definition) is 37. The highest BCUT2D eigenvalue weighted by Crippen LogP contribution is 2.43. The summed E-state index contributed by atoms with van der Waals surface area (Å²) in [5.41, 5.74) is 0. The van der Waals surface area contributed by atoms with Crippen molar-refractivity contribution in [3.05, 3.63) is 0 Å². The molecule has 65 heteroatoms. The summed E-state index contributed by atoms with van der Waals surface area (Å²) in [5, 5.41) is 365. The highest BCUT2D eigenvalue weighted by atomic mass is 16.8. The molecule has 65 nitrogen and oxygen atoms in total. The average Bonchev–Trinajstić information content (AvgIpc) is 0.762. The standard InChI is InChI=1S/C81H134N6O59/c1-19(97)82-37-25(103)7-81(80(124)125,146-66(37)43(105)26(104)8-88)127-18-36-47(109)55(117)58(120)76(137-36)141-63-32(14-94)134-74(42(53(63)115)87-24(6)102)145-69-59(121)65(139-73-41(86-23(5)101)51(113)62(31(13-93)133-73)140-75-57(119)54(116)45(107)28(10-90)130-75)34(16-96)135-79(69)143-67-48(110)35(17-126-78-68(56(118)46(108)29(11-91)131-78)144-71-39(84-21(3)99)49(111)44(106)27(9-89)129-71)136-77(60(67)122)142-64-33(15-95)132-72(40(52(64)114)85-22(4)100)138-61-30(12-92)128-70(123)38(50(61)112)83-20(2)98/h25-79,88-96,103-123H,7-18H2,1-6H3,(H,82,97)(H,83,98)(H,84,99)(H,85,100)(H,86,101)(H,87,102)(H,124,125)/t25-,26+,27+,28+,29+,30+,31+,32+,33+,34+,35+,36+,37+,38+,39+,40+,41+,42+,43+,44+,45-,46+,47-,48+,49+,50+,51+,52+,53+,54-,55-,56-,57+,58+,59-,60-,61+,62+,63+,64+,65+,66+,67-,68-,69-,70+,71-,72-,73-,74-,75-,76-,77-,78-,79+,81+/m0/s1. The molecule has 146 heavy (non-hydrogen) atoms. The minimum absolute atomic E-state index is 0.806. The second-order valence-corrected chi connectivity index (χ2v) is 36.7. The Kier molecular flexibility index (Phi) is 43.3. The number of ether oxygens (including phenoxy) is 21. The predicted octanol–water partition coefficient (Wildman–Crippen LogP) is -24.9. The first-order valence-corrected chi connectivity index (χ1v) is 46.3. The van der Waals surface area contributed by atoms with Crippen LogP contribution in [0.2, 0.25) is 0 Å². The van der Waals surface area contributed by atoms with E-state index in [0.29, 0.717) is 0 Å². The summed E-state index contributed by atoms with van der Waals surface area (Å²) in [7, 11) is 0. The lowest BCUT2D eigenvalue weighted by atomic mass is 9.88. The van der Waals surface area contributed by atoms with Crippen molar-refractivity contribution in [1.82, 2.24) is 31.9 Å². The number of aliphatic hydroxyl groups excluding tert-OH is 30. The number of carboxylic acids is 1. The molecule has 0 aromatic rings. The predicted molar refractivity (Wildman–Crippen MR) is 449 cm³/mol.